The number of nitrogens with two attached hydrogens (primary N) is 1. The average Bonchev–Trinajstić information content (AvgIpc) is 2.48. The Morgan fingerprint density at radius 1 is 0.955 bits per heavy atom. The van der Waals surface area contributed by atoms with Gasteiger partial charge >= 0.3 is 0 Å². The number of hydrogen-bond acceptors (Lipinski definition) is 4. The van der Waals surface area contributed by atoms with Crippen molar-refractivity contribution < 1.29 is 8.78 Å². The lowest BCUT2D eigenvalue weighted by Gasteiger charge is -2.42. The van der Waals surface area contributed by atoms with Gasteiger partial charge in [0.15, 0.2) is 11.6 Å². The average molecular weight is 310 g/mol. The minimum absolute atomic E-state index is 0.0750. The van der Waals surface area contributed by atoms with Crippen molar-refractivity contribution in [1.82, 2.24) is 9.80 Å². The third-order valence-electron chi connectivity index (χ3n) is 4.87. The molecule has 22 heavy (non-hydrogen) atoms. The number of halogens is 2. The molecule has 0 spiro atoms. The maximum Gasteiger partial charge on any atom is 0.151 e. The first-order valence-corrected chi connectivity index (χ1v) is 7.96. The summed E-state index contributed by atoms with van der Waals surface area (Å²) >= 11 is 0. The van der Waals surface area contributed by atoms with Crippen molar-refractivity contribution in [3.63, 3.8) is 0 Å². The summed E-state index contributed by atoms with van der Waals surface area (Å²) in [5.74, 6) is -1.12. The van der Waals surface area contributed by atoms with E-state index in [-0.39, 0.29) is 11.4 Å². The van der Waals surface area contributed by atoms with Crippen LogP contribution in [0.25, 0.3) is 0 Å². The zero-order chi connectivity index (χ0) is 15.7. The minimum atomic E-state index is -0.560. The molecule has 6 heteroatoms. The lowest BCUT2D eigenvalue weighted by molar-refractivity contribution is 0.0980. The summed E-state index contributed by atoms with van der Waals surface area (Å²) in [5, 5.41) is 0. The molecular formula is C16H24F2N4. The van der Waals surface area contributed by atoms with Gasteiger partial charge < -0.3 is 15.5 Å². The highest BCUT2D eigenvalue weighted by Gasteiger charge is 2.28. The van der Waals surface area contributed by atoms with Crippen LogP contribution in [0.5, 0.6) is 0 Å². The van der Waals surface area contributed by atoms with E-state index in [1.54, 1.807) is 0 Å². The summed E-state index contributed by atoms with van der Waals surface area (Å²) in [6, 6.07) is 2.93. The molecule has 0 amide bonds. The van der Waals surface area contributed by atoms with E-state index in [4.69, 9.17) is 5.73 Å². The Hall–Kier alpha value is -1.40. The first-order valence-electron chi connectivity index (χ1n) is 7.96. The van der Waals surface area contributed by atoms with Crippen molar-refractivity contribution in [3.8, 4) is 0 Å². The van der Waals surface area contributed by atoms with E-state index in [0.29, 0.717) is 19.1 Å². The van der Waals surface area contributed by atoms with Gasteiger partial charge in [-0.3, -0.25) is 4.90 Å². The fraction of sp³-hybridized carbons (Fsp3) is 0.625. The van der Waals surface area contributed by atoms with E-state index in [9.17, 15) is 8.78 Å². The molecule has 4 nitrogen and oxygen atoms in total. The molecule has 2 aliphatic heterocycles. The van der Waals surface area contributed by atoms with Gasteiger partial charge in [0.05, 0.1) is 0 Å². The van der Waals surface area contributed by atoms with Gasteiger partial charge in [-0.2, -0.15) is 0 Å². The maximum absolute atomic E-state index is 14.0. The summed E-state index contributed by atoms with van der Waals surface area (Å²) in [4.78, 5) is 6.68. The lowest BCUT2D eigenvalue weighted by Crippen LogP contribution is -2.52. The van der Waals surface area contributed by atoms with Crippen LogP contribution < -0.4 is 10.6 Å². The number of hydrogen-bond donors (Lipinski definition) is 1. The predicted molar refractivity (Wildman–Crippen MR) is 85.1 cm³/mol. The fourth-order valence-electron chi connectivity index (χ4n) is 3.53. The second kappa shape index (κ2) is 6.38. The van der Waals surface area contributed by atoms with Gasteiger partial charge in [0.25, 0.3) is 0 Å². The number of benzene rings is 1. The van der Waals surface area contributed by atoms with E-state index < -0.39 is 11.6 Å². The lowest BCUT2D eigenvalue weighted by atomic mass is 10.0. The molecule has 0 unspecified atom stereocenters. The molecule has 0 radical (unpaired) electrons. The topological polar surface area (TPSA) is 35.7 Å². The number of likely N-dealkylation sites (N-methyl/N-ethyl adjacent to an activating group) is 1. The first kappa shape index (κ1) is 15.5. The fourth-order valence-corrected chi connectivity index (χ4v) is 3.53. The monoisotopic (exact) mass is 310 g/mol. The Morgan fingerprint density at radius 2 is 1.50 bits per heavy atom. The van der Waals surface area contributed by atoms with Gasteiger partial charge in [-0.05, 0) is 32.0 Å². The van der Waals surface area contributed by atoms with Crippen LogP contribution in [0.2, 0.25) is 0 Å². The summed E-state index contributed by atoms with van der Waals surface area (Å²) in [6.45, 7) is 5.75. The zero-order valence-electron chi connectivity index (χ0n) is 13.1. The third-order valence-corrected chi connectivity index (χ3v) is 4.87. The molecule has 1 aromatic carbocycles. The number of rotatable bonds is 2. The van der Waals surface area contributed by atoms with Crippen molar-refractivity contribution >= 4 is 11.4 Å². The largest absolute Gasteiger partial charge is 0.399 e. The van der Waals surface area contributed by atoms with Crippen LogP contribution >= 0.6 is 0 Å². The normalized spacial score (nSPS) is 22.2. The number of nitrogens with zero attached hydrogens (tertiary/aromatic N) is 3. The van der Waals surface area contributed by atoms with Crippen LogP contribution in [-0.4, -0.2) is 62.2 Å². The Bertz CT molecular complexity index is 498. The quantitative estimate of drug-likeness (QED) is 0.845. The van der Waals surface area contributed by atoms with Crippen LogP contribution in [0.4, 0.5) is 20.2 Å². The summed E-state index contributed by atoms with van der Waals surface area (Å²) in [6.07, 6.45) is 1.90. The Labute approximate surface area is 130 Å². The van der Waals surface area contributed by atoms with Gasteiger partial charge in [-0.15, -0.1) is 0 Å². The molecule has 0 atom stereocenters. The second-order valence-electron chi connectivity index (χ2n) is 6.39. The van der Waals surface area contributed by atoms with Crippen LogP contribution in [0.1, 0.15) is 12.8 Å². The van der Waals surface area contributed by atoms with E-state index in [1.807, 2.05) is 4.90 Å². The molecule has 0 bridgehead atoms. The van der Waals surface area contributed by atoms with E-state index in [0.717, 1.165) is 39.0 Å². The van der Waals surface area contributed by atoms with Gasteiger partial charge in [0.1, 0.15) is 5.69 Å². The second-order valence-corrected chi connectivity index (χ2v) is 6.39. The smallest absolute Gasteiger partial charge is 0.151 e. The molecule has 0 saturated carbocycles. The summed E-state index contributed by atoms with van der Waals surface area (Å²) in [5.41, 5.74) is 5.69. The molecular weight excluding hydrogens is 286 g/mol. The Balaban J connectivity index is 1.62. The molecule has 2 heterocycles. The highest BCUT2D eigenvalue weighted by atomic mass is 19.1. The van der Waals surface area contributed by atoms with Crippen molar-refractivity contribution in [2.24, 2.45) is 0 Å². The summed E-state index contributed by atoms with van der Waals surface area (Å²) < 4.78 is 28.0. The SMILES string of the molecule is CN1CCN(C2CCN(c3c(F)cc(N)cc3F)CC2)CC1. The van der Waals surface area contributed by atoms with E-state index >= 15 is 0 Å². The number of nitrogen functional groups attached to an aromatic ring is 1. The Kier molecular flexibility index (Phi) is 4.49. The highest BCUT2D eigenvalue weighted by Crippen LogP contribution is 2.29. The molecule has 2 N–H and O–H groups in total. The van der Waals surface area contributed by atoms with Gasteiger partial charge in [0.2, 0.25) is 0 Å². The number of piperazine rings is 1. The third kappa shape index (κ3) is 3.17. The minimum Gasteiger partial charge on any atom is -0.399 e. The van der Waals surface area contributed by atoms with E-state index in [2.05, 4.69) is 16.8 Å². The first-order chi connectivity index (χ1) is 10.5. The number of anilines is 2. The van der Waals surface area contributed by atoms with Crippen LogP contribution in [0, 0.1) is 11.6 Å². The van der Waals surface area contributed by atoms with Crippen LogP contribution in [0.15, 0.2) is 12.1 Å². The highest BCUT2D eigenvalue weighted by molar-refractivity contribution is 5.56. The van der Waals surface area contributed by atoms with Gasteiger partial charge in [0, 0.05) is 51.0 Å². The molecule has 2 saturated heterocycles. The summed E-state index contributed by atoms with van der Waals surface area (Å²) in [7, 11) is 2.15. The Morgan fingerprint density at radius 3 is 2.05 bits per heavy atom. The van der Waals surface area contributed by atoms with Crippen molar-refractivity contribution in [2.75, 3.05) is 56.9 Å². The predicted octanol–water partition coefficient (Wildman–Crippen LogP) is 1.76. The van der Waals surface area contributed by atoms with Crippen LogP contribution in [0.3, 0.4) is 0 Å². The van der Waals surface area contributed by atoms with Crippen molar-refractivity contribution in [1.29, 1.82) is 0 Å². The molecule has 2 aliphatic rings. The van der Waals surface area contributed by atoms with Crippen molar-refractivity contribution in [2.45, 2.75) is 18.9 Å². The van der Waals surface area contributed by atoms with E-state index in [1.165, 1.54) is 12.1 Å². The molecule has 0 aliphatic carbocycles. The van der Waals surface area contributed by atoms with Crippen LogP contribution in [-0.2, 0) is 0 Å². The molecule has 3 rings (SSSR count). The number of piperidine rings is 1. The van der Waals surface area contributed by atoms with Crippen molar-refractivity contribution in [3.05, 3.63) is 23.8 Å². The van der Waals surface area contributed by atoms with Gasteiger partial charge in [-0.25, -0.2) is 8.78 Å². The molecule has 2 fully saturated rings. The van der Waals surface area contributed by atoms with Gasteiger partial charge in [-0.1, -0.05) is 0 Å². The zero-order valence-corrected chi connectivity index (χ0v) is 13.1. The maximum atomic E-state index is 14.0. The molecule has 0 aromatic heterocycles. The molecule has 1 aromatic rings. The standard InChI is InChI=1S/C16H24F2N4/c1-20-6-8-21(9-7-20)13-2-4-22(5-3-13)16-14(17)10-12(19)11-15(16)18/h10-11,13H,2-9,19H2,1H3. The molecule has 122 valence electrons.